The first-order valence-corrected chi connectivity index (χ1v) is 13.9. The number of nitrogens with zero attached hydrogens (tertiary/aromatic N) is 1. The highest BCUT2D eigenvalue weighted by Crippen LogP contribution is 2.38. The minimum absolute atomic E-state index is 0.182. The van der Waals surface area contributed by atoms with Gasteiger partial charge in [-0.2, -0.15) is 0 Å². The summed E-state index contributed by atoms with van der Waals surface area (Å²) in [6, 6.07) is 14.8. The number of hydrogen-bond acceptors (Lipinski definition) is 6. The largest absolute Gasteiger partial charge is 0.496 e. The maximum Gasteiger partial charge on any atom is 0.309 e. The molecule has 0 aromatic heterocycles. The number of ether oxygens (including phenoxy) is 1. The van der Waals surface area contributed by atoms with Crippen LogP contribution in [-0.4, -0.2) is 60.7 Å². The second-order valence-corrected chi connectivity index (χ2v) is 11.0. The highest BCUT2D eigenvalue weighted by atomic mass is 19.1. The number of nitrogens with one attached hydrogen (secondary N) is 3. The molecule has 0 bridgehead atoms. The van der Waals surface area contributed by atoms with E-state index < -0.39 is 23.6 Å². The molecule has 10 heteroatoms. The first kappa shape index (κ1) is 29.2. The number of carboxylic acid groups (broad SMARTS) is 1. The molecule has 2 atom stereocenters. The molecule has 2 fully saturated rings. The molecule has 0 radical (unpaired) electrons. The second kappa shape index (κ2) is 11.9. The summed E-state index contributed by atoms with van der Waals surface area (Å²) in [6.07, 6.45) is -0.182. The number of benzene rings is 3. The van der Waals surface area contributed by atoms with Crippen molar-refractivity contribution < 1.29 is 28.6 Å². The van der Waals surface area contributed by atoms with Gasteiger partial charge >= 0.3 is 5.97 Å². The topological polar surface area (TPSA) is 120 Å². The third-order valence-electron chi connectivity index (χ3n) is 8.21. The molecule has 5 rings (SSSR count). The van der Waals surface area contributed by atoms with Gasteiger partial charge in [-0.25, -0.2) is 4.39 Å². The number of rotatable bonds is 8. The summed E-state index contributed by atoms with van der Waals surface area (Å²) in [5.41, 5.74) is 6.10. The van der Waals surface area contributed by atoms with Gasteiger partial charge < -0.3 is 20.5 Å². The smallest absolute Gasteiger partial charge is 0.309 e. The molecule has 4 N–H and O–H groups in total. The molecule has 2 aliphatic rings. The average Bonchev–Trinajstić information content (AvgIpc) is 2.92. The van der Waals surface area contributed by atoms with Crippen LogP contribution in [0.4, 0.5) is 10.1 Å². The molecule has 220 valence electrons. The number of halogens is 1. The van der Waals surface area contributed by atoms with Gasteiger partial charge in [0, 0.05) is 37.4 Å². The fourth-order valence-corrected chi connectivity index (χ4v) is 5.67. The third kappa shape index (κ3) is 5.73. The lowest BCUT2D eigenvalue weighted by molar-refractivity contribution is -0.147. The Morgan fingerprint density at radius 3 is 2.40 bits per heavy atom. The van der Waals surface area contributed by atoms with Crippen LogP contribution in [0.5, 0.6) is 5.75 Å². The van der Waals surface area contributed by atoms with E-state index in [-0.39, 0.29) is 31.1 Å². The predicted octanol–water partition coefficient (Wildman–Crippen LogP) is 3.92. The monoisotopic (exact) mass is 574 g/mol. The Morgan fingerprint density at radius 2 is 1.74 bits per heavy atom. The molecule has 0 aliphatic carbocycles. The first-order chi connectivity index (χ1) is 20.1. The summed E-state index contributed by atoms with van der Waals surface area (Å²) in [4.78, 5) is 38.3. The number of amides is 2. The lowest BCUT2D eigenvalue weighted by Gasteiger charge is -2.36. The van der Waals surface area contributed by atoms with Gasteiger partial charge in [0.05, 0.1) is 19.2 Å². The molecule has 2 amide bonds. The van der Waals surface area contributed by atoms with Gasteiger partial charge in [0.2, 0.25) is 11.8 Å². The quantitative estimate of drug-likeness (QED) is 0.301. The molecule has 2 heterocycles. The number of carbonyl (C=O) groups is 3. The van der Waals surface area contributed by atoms with Crippen molar-refractivity contribution in [2.75, 3.05) is 32.1 Å². The van der Waals surface area contributed by atoms with E-state index in [0.717, 1.165) is 27.8 Å². The van der Waals surface area contributed by atoms with Crippen LogP contribution in [0.1, 0.15) is 23.6 Å². The summed E-state index contributed by atoms with van der Waals surface area (Å²) < 4.78 is 21.0. The van der Waals surface area contributed by atoms with E-state index in [9.17, 15) is 14.4 Å². The molecule has 2 aliphatic heterocycles. The van der Waals surface area contributed by atoms with E-state index >= 15 is 4.39 Å². The van der Waals surface area contributed by atoms with Crippen LogP contribution in [-0.2, 0) is 20.9 Å². The molecule has 0 spiro atoms. The van der Waals surface area contributed by atoms with E-state index in [1.807, 2.05) is 68.1 Å². The molecule has 42 heavy (non-hydrogen) atoms. The summed E-state index contributed by atoms with van der Waals surface area (Å²) in [5, 5.41) is 17.9. The van der Waals surface area contributed by atoms with Crippen LogP contribution in [0.15, 0.2) is 48.5 Å². The Labute approximate surface area is 244 Å². The van der Waals surface area contributed by atoms with Gasteiger partial charge in [-0.05, 0) is 72.4 Å². The minimum Gasteiger partial charge on any atom is -0.496 e. The molecule has 3 aromatic rings. The summed E-state index contributed by atoms with van der Waals surface area (Å²) in [7, 11) is 1.50. The van der Waals surface area contributed by atoms with E-state index in [4.69, 9.17) is 9.84 Å². The van der Waals surface area contributed by atoms with E-state index in [1.165, 1.54) is 13.2 Å². The van der Waals surface area contributed by atoms with Crippen LogP contribution in [0.3, 0.4) is 0 Å². The Bertz CT molecular complexity index is 1550. The van der Waals surface area contributed by atoms with E-state index in [2.05, 4.69) is 16.0 Å². The SMILES string of the molecule is COc1cc(-c2cccc(-c3cccc(NC(=O)C4CNC(C)NC4=O)c3C)c2C)cc(F)c1CN1CC(C(=O)O)C1. The fourth-order valence-electron chi connectivity index (χ4n) is 5.67. The average molecular weight is 575 g/mol. The van der Waals surface area contributed by atoms with Crippen LogP contribution >= 0.6 is 0 Å². The Balaban J connectivity index is 1.41. The van der Waals surface area contributed by atoms with Crippen molar-refractivity contribution >= 4 is 23.5 Å². The van der Waals surface area contributed by atoms with Crippen molar-refractivity contribution in [1.82, 2.24) is 15.5 Å². The molecule has 2 unspecified atom stereocenters. The number of anilines is 1. The maximum atomic E-state index is 15.5. The minimum atomic E-state index is -0.837. The molecular weight excluding hydrogens is 539 g/mol. The van der Waals surface area contributed by atoms with Crippen molar-refractivity contribution in [2.45, 2.75) is 33.5 Å². The number of methoxy groups -OCH3 is 1. The van der Waals surface area contributed by atoms with Crippen molar-refractivity contribution in [1.29, 1.82) is 0 Å². The normalized spacial score (nSPS) is 19.1. The van der Waals surface area contributed by atoms with Crippen LogP contribution in [0, 0.1) is 31.5 Å². The second-order valence-electron chi connectivity index (χ2n) is 11.0. The van der Waals surface area contributed by atoms with Gasteiger partial charge in [0.1, 0.15) is 17.5 Å². The molecule has 3 aromatic carbocycles. The van der Waals surface area contributed by atoms with Crippen LogP contribution < -0.4 is 20.7 Å². The fraction of sp³-hybridized carbons (Fsp3) is 0.344. The zero-order valence-electron chi connectivity index (χ0n) is 24.1. The van der Waals surface area contributed by atoms with Gasteiger partial charge in [-0.15, -0.1) is 0 Å². The lowest BCUT2D eigenvalue weighted by Crippen LogP contribution is -2.57. The number of hydrogen-bond donors (Lipinski definition) is 4. The standard InChI is InChI=1S/C32H35FN4O5/c1-17-22(20-11-27(33)26(29(12-20)42-4)16-37-14-21(15-37)32(40)41)7-5-8-23(17)24-9-6-10-28(18(24)2)36-31(39)25-13-34-19(3)35-30(25)38/h5-12,19,21,25,34H,13-16H2,1-4H3,(H,35,38)(H,36,39)(H,40,41). The van der Waals surface area contributed by atoms with Crippen molar-refractivity contribution in [2.24, 2.45) is 11.8 Å². The predicted molar refractivity (Wildman–Crippen MR) is 157 cm³/mol. The van der Waals surface area contributed by atoms with Crippen LogP contribution in [0.2, 0.25) is 0 Å². The third-order valence-corrected chi connectivity index (χ3v) is 8.21. The Kier molecular flexibility index (Phi) is 8.29. The lowest BCUT2D eigenvalue weighted by atomic mass is 9.89. The van der Waals surface area contributed by atoms with Gasteiger partial charge in [0.25, 0.3) is 0 Å². The number of carboxylic acids is 1. The van der Waals surface area contributed by atoms with Gasteiger partial charge in [-0.1, -0.05) is 30.3 Å². The van der Waals surface area contributed by atoms with Gasteiger partial charge in [0.15, 0.2) is 0 Å². The highest BCUT2D eigenvalue weighted by molar-refractivity contribution is 6.07. The number of likely N-dealkylation sites (tertiary alicyclic amines) is 1. The van der Waals surface area contributed by atoms with Crippen molar-refractivity contribution in [3.63, 3.8) is 0 Å². The van der Waals surface area contributed by atoms with E-state index in [1.54, 1.807) is 0 Å². The summed E-state index contributed by atoms with van der Waals surface area (Å²) >= 11 is 0. The Hall–Kier alpha value is -4.28. The zero-order valence-corrected chi connectivity index (χ0v) is 24.1. The number of carbonyl (C=O) groups excluding carboxylic acids is 2. The number of aliphatic carboxylic acids is 1. The maximum absolute atomic E-state index is 15.5. The van der Waals surface area contributed by atoms with Crippen molar-refractivity contribution in [3.05, 3.63) is 71.0 Å². The van der Waals surface area contributed by atoms with Crippen LogP contribution in [0.25, 0.3) is 22.3 Å². The molecule has 0 saturated carbocycles. The van der Waals surface area contributed by atoms with Gasteiger partial charge in [-0.3, -0.25) is 24.6 Å². The van der Waals surface area contributed by atoms with E-state index in [0.29, 0.717) is 35.7 Å². The molecular formula is C32H35FN4O5. The zero-order chi connectivity index (χ0) is 30.1. The summed E-state index contributed by atoms with van der Waals surface area (Å²) in [5.74, 6) is -2.78. The molecule has 9 nitrogen and oxygen atoms in total. The Morgan fingerprint density at radius 1 is 1.07 bits per heavy atom. The summed E-state index contributed by atoms with van der Waals surface area (Å²) in [6.45, 7) is 7.00. The van der Waals surface area contributed by atoms with Crippen molar-refractivity contribution in [3.8, 4) is 28.0 Å². The molecule has 2 saturated heterocycles. The highest BCUT2D eigenvalue weighted by Gasteiger charge is 2.34. The first-order valence-electron chi connectivity index (χ1n) is 13.9.